The third kappa shape index (κ3) is 4.75. The average molecular weight is 430 g/mol. The van der Waals surface area contributed by atoms with Gasteiger partial charge in [-0.05, 0) is 30.3 Å². The molecular weight excluding hydrogens is 413 g/mol. The van der Waals surface area contributed by atoms with E-state index in [1.807, 2.05) is 0 Å². The van der Waals surface area contributed by atoms with Crippen LogP contribution in [-0.4, -0.2) is 56.1 Å². The number of rotatable bonds is 4. The maximum Gasteiger partial charge on any atom is 0.255 e. The monoisotopic (exact) mass is 430 g/mol. The van der Waals surface area contributed by atoms with Crippen molar-refractivity contribution in [2.45, 2.75) is 11.0 Å². The van der Waals surface area contributed by atoms with Crippen LogP contribution < -0.4 is 5.32 Å². The molecule has 11 heteroatoms. The number of benzene rings is 2. The largest absolute Gasteiger partial charge is 0.389 e. The van der Waals surface area contributed by atoms with Crippen LogP contribution in [0.3, 0.4) is 0 Å². The van der Waals surface area contributed by atoms with Crippen LogP contribution in [0.5, 0.6) is 0 Å². The lowest BCUT2D eigenvalue weighted by Gasteiger charge is -2.21. The van der Waals surface area contributed by atoms with E-state index in [4.69, 9.17) is 4.74 Å². The molecule has 7 nitrogen and oxygen atoms in total. The van der Waals surface area contributed by atoms with Gasteiger partial charge in [-0.3, -0.25) is 4.79 Å². The Morgan fingerprint density at radius 1 is 1.10 bits per heavy atom. The summed E-state index contributed by atoms with van der Waals surface area (Å²) in [5.74, 6) is -4.19. The maximum absolute atomic E-state index is 14.3. The molecular formula is C18H17F3N2O5S. The SMILES string of the molecule is O=C(Nc1ccc(F)c(F)c1)c1ccc(F)c(S(=O)(=O)N2CCOCC(O)C2)c1. The van der Waals surface area contributed by atoms with Gasteiger partial charge in [0.15, 0.2) is 11.6 Å². The Bertz CT molecular complexity index is 1030. The lowest BCUT2D eigenvalue weighted by Crippen LogP contribution is -2.38. The normalized spacial score (nSPS) is 18.3. The van der Waals surface area contributed by atoms with Crippen molar-refractivity contribution in [2.75, 3.05) is 31.6 Å². The number of aliphatic hydroxyl groups is 1. The van der Waals surface area contributed by atoms with Crippen LogP contribution in [0.1, 0.15) is 10.4 Å². The topological polar surface area (TPSA) is 95.9 Å². The number of sulfonamides is 1. The minimum absolute atomic E-state index is 0.0220. The van der Waals surface area contributed by atoms with Crippen molar-refractivity contribution in [1.82, 2.24) is 4.31 Å². The van der Waals surface area contributed by atoms with E-state index in [9.17, 15) is 31.5 Å². The molecule has 1 fully saturated rings. The third-order valence-corrected chi connectivity index (χ3v) is 6.08. The average Bonchev–Trinajstić information content (AvgIpc) is 2.90. The number of amides is 1. The van der Waals surface area contributed by atoms with Crippen molar-refractivity contribution >= 4 is 21.6 Å². The lowest BCUT2D eigenvalue weighted by atomic mass is 10.2. The van der Waals surface area contributed by atoms with E-state index >= 15 is 0 Å². The first-order valence-corrected chi connectivity index (χ1v) is 9.94. The molecule has 0 aliphatic carbocycles. The van der Waals surface area contributed by atoms with Crippen LogP contribution in [-0.2, 0) is 14.8 Å². The van der Waals surface area contributed by atoms with Gasteiger partial charge in [0, 0.05) is 30.4 Å². The van der Waals surface area contributed by atoms with E-state index in [-0.39, 0.29) is 37.6 Å². The molecule has 1 amide bonds. The molecule has 1 atom stereocenters. The molecule has 1 aliphatic rings. The summed E-state index contributed by atoms with van der Waals surface area (Å²) in [7, 11) is -4.36. The van der Waals surface area contributed by atoms with Gasteiger partial charge >= 0.3 is 0 Å². The smallest absolute Gasteiger partial charge is 0.255 e. The molecule has 0 radical (unpaired) electrons. The number of ether oxygens (including phenoxy) is 1. The van der Waals surface area contributed by atoms with Crippen LogP contribution in [0.15, 0.2) is 41.3 Å². The van der Waals surface area contributed by atoms with Crippen molar-refractivity contribution in [3.8, 4) is 0 Å². The van der Waals surface area contributed by atoms with Crippen molar-refractivity contribution in [1.29, 1.82) is 0 Å². The Labute approximate surface area is 164 Å². The van der Waals surface area contributed by atoms with Gasteiger partial charge in [0.2, 0.25) is 10.0 Å². The first-order valence-electron chi connectivity index (χ1n) is 8.50. The number of anilines is 1. The zero-order valence-corrected chi connectivity index (χ0v) is 15.8. The summed E-state index contributed by atoms with van der Waals surface area (Å²) in [4.78, 5) is 11.6. The van der Waals surface area contributed by atoms with E-state index in [2.05, 4.69) is 5.32 Å². The molecule has 0 aromatic heterocycles. The fourth-order valence-corrected chi connectivity index (χ4v) is 4.29. The standard InChI is InChI=1S/C18H17F3N2O5S/c19-14-4-2-12(8-16(14)21)22-18(25)11-1-3-15(20)17(7-11)29(26,27)23-5-6-28-10-13(24)9-23/h1-4,7-8,13,24H,5-6,9-10H2,(H,22,25). The zero-order chi connectivity index (χ0) is 21.2. The van der Waals surface area contributed by atoms with E-state index in [1.165, 1.54) is 0 Å². The minimum atomic E-state index is -4.36. The number of hydrogen-bond donors (Lipinski definition) is 2. The highest BCUT2D eigenvalue weighted by molar-refractivity contribution is 7.89. The Hall–Kier alpha value is -2.47. The first kappa shape index (κ1) is 21.2. The molecule has 156 valence electrons. The van der Waals surface area contributed by atoms with Gasteiger partial charge in [0.05, 0.1) is 19.3 Å². The second-order valence-corrected chi connectivity index (χ2v) is 8.23. The molecule has 0 bridgehead atoms. The van der Waals surface area contributed by atoms with Crippen molar-refractivity contribution in [3.63, 3.8) is 0 Å². The Balaban J connectivity index is 1.88. The van der Waals surface area contributed by atoms with E-state index in [0.29, 0.717) is 0 Å². The first-order chi connectivity index (χ1) is 13.7. The number of nitrogens with one attached hydrogen (secondary N) is 1. The number of nitrogens with zero attached hydrogens (tertiary/aromatic N) is 1. The van der Waals surface area contributed by atoms with Crippen molar-refractivity contribution < 1.29 is 36.2 Å². The number of aliphatic hydroxyl groups excluding tert-OH is 1. The summed E-state index contributed by atoms with van der Waals surface area (Å²) in [5, 5.41) is 12.0. The molecule has 2 aromatic carbocycles. The second kappa shape index (κ2) is 8.49. The number of carbonyl (C=O) groups is 1. The van der Waals surface area contributed by atoms with Gasteiger partial charge in [-0.1, -0.05) is 0 Å². The summed E-state index contributed by atoms with van der Waals surface area (Å²) >= 11 is 0. The molecule has 0 saturated carbocycles. The summed E-state index contributed by atoms with van der Waals surface area (Å²) in [6.07, 6.45) is -1.07. The second-order valence-electron chi connectivity index (χ2n) is 6.32. The molecule has 1 unspecified atom stereocenters. The van der Waals surface area contributed by atoms with Crippen LogP contribution in [0, 0.1) is 17.5 Å². The molecule has 2 N–H and O–H groups in total. The van der Waals surface area contributed by atoms with E-state index in [0.717, 1.165) is 40.7 Å². The summed E-state index contributed by atoms with van der Waals surface area (Å²) < 4.78 is 72.1. The van der Waals surface area contributed by atoms with Crippen LogP contribution in [0.2, 0.25) is 0 Å². The van der Waals surface area contributed by atoms with Crippen LogP contribution in [0.25, 0.3) is 0 Å². The predicted octanol–water partition coefficient (Wildman–Crippen LogP) is 1.74. The predicted molar refractivity (Wildman–Crippen MR) is 96.3 cm³/mol. The maximum atomic E-state index is 14.3. The van der Waals surface area contributed by atoms with E-state index in [1.54, 1.807) is 0 Å². The number of carbonyl (C=O) groups excluding carboxylic acids is 1. The summed E-state index contributed by atoms with van der Waals surface area (Å²) in [5.41, 5.74) is -0.267. The number of hydrogen-bond acceptors (Lipinski definition) is 5. The highest BCUT2D eigenvalue weighted by Gasteiger charge is 2.31. The molecule has 1 heterocycles. The lowest BCUT2D eigenvalue weighted by molar-refractivity contribution is 0.0583. The Kier molecular flexibility index (Phi) is 6.22. The quantitative estimate of drug-likeness (QED) is 0.771. The molecule has 0 spiro atoms. The van der Waals surface area contributed by atoms with Crippen LogP contribution >= 0.6 is 0 Å². The number of halogens is 3. The molecule has 2 aromatic rings. The molecule has 3 rings (SSSR count). The third-order valence-electron chi connectivity index (χ3n) is 4.20. The van der Waals surface area contributed by atoms with Gasteiger partial charge < -0.3 is 15.2 Å². The number of β-amino-alcohol motifs (C(OH)–C–C–N with tert-alkyl or cyclic N) is 1. The van der Waals surface area contributed by atoms with Gasteiger partial charge in [0.25, 0.3) is 5.91 Å². The van der Waals surface area contributed by atoms with Crippen LogP contribution in [0.4, 0.5) is 18.9 Å². The fourth-order valence-electron chi connectivity index (χ4n) is 2.74. The summed E-state index contributed by atoms with van der Waals surface area (Å²) in [6, 6.07) is 5.42. The van der Waals surface area contributed by atoms with Crippen molar-refractivity contribution in [2.24, 2.45) is 0 Å². The van der Waals surface area contributed by atoms with E-state index < -0.39 is 44.4 Å². The van der Waals surface area contributed by atoms with Gasteiger partial charge in [-0.15, -0.1) is 0 Å². The molecule has 1 saturated heterocycles. The highest BCUT2D eigenvalue weighted by atomic mass is 32.2. The summed E-state index contributed by atoms with van der Waals surface area (Å²) in [6.45, 7) is -0.406. The van der Waals surface area contributed by atoms with Crippen molar-refractivity contribution in [3.05, 3.63) is 59.4 Å². The highest BCUT2D eigenvalue weighted by Crippen LogP contribution is 2.23. The molecule has 1 aliphatic heterocycles. The molecule has 29 heavy (non-hydrogen) atoms. The Morgan fingerprint density at radius 2 is 1.83 bits per heavy atom. The zero-order valence-electron chi connectivity index (χ0n) is 14.9. The van der Waals surface area contributed by atoms with Gasteiger partial charge in [-0.2, -0.15) is 4.31 Å². The minimum Gasteiger partial charge on any atom is -0.389 e. The Morgan fingerprint density at radius 3 is 2.55 bits per heavy atom. The van der Waals surface area contributed by atoms with Gasteiger partial charge in [0.1, 0.15) is 10.7 Å². The van der Waals surface area contributed by atoms with Gasteiger partial charge in [-0.25, -0.2) is 21.6 Å². The fraction of sp³-hybridized carbons (Fsp3) is 0.278.